The molecule has 1 aliphatic rings. The van der Waals surface area contributed by atoms with Crippen molar-refractivity contribution in [2.24, 2.45) is 10.4 Å². The predicted octanol–water partition coefficient (Wildman–Crippen LogP) is 5.46. The zero-order valence-corrected chi connectivity index (χ0v) is 15.5. The molecule has 0 unspecified atom stereocenters. The molecule has 2 aromatic carbocycles. The summed E-state index contributed by atoms with van der Waals surface area (Å²) in [5.74, 6) is 0.735. The Morgan fingerprint density at radius 2 is 1.77 bits per heavy atom. The Bertz CT molecular complexity index is 974. The Hall–Kier alpha value is -2.81. The third-order valence-electron chi connectivity index (χ3n) is 4.83. The van der Waals surface area contributed by atoms with Crippen LogP contribution >= 0.6 is 0 Å². The minimum Gasteiger partial charge on any atom is -0.474 e. The predicted molar refractivity (Wildman–Crippen MR) is 109 cm³/mol. The highest BCUT2D eigenvalue weighted by atomic mass is 16.5. The summed E-state index contributed by atoms with van der Waals surface area (Å²) in [5.41, 5.74) is 3.42. The van der Waals surface area contributed by atoms with Gasteiger partial charge in [0.15, 0.2) is 0 Å². The van der Waals surface area contributed by atoms with Crippen molar-refractivity contribution < 1.29 is 4.74 Å². The number of hydrogen-bond acceptors (Lipinski definition) is 2. The largest absolute Gasteiger partial charge is 0.474 e. The van der Waals surface area contributed by atoms with Crippen LogP contribution in [0.2, 0.25) is 0 Å². The van der Waals surface area contributed by atoms with Crippen molar-refractivity contribution in [3.8, 4) is 0 Å². The van der Waals surface area contributed by atoms with Crippen molar-refractivity contribution in [2.75, 3.05) is 6.61 Å². The Morgan fingerprint density at radius 1 is 1.04 bits per heavy atom. The quantitative estimate of drug-likeness (QED) is 0.619. The monoisotopic (exact) mass is 344 g/mol. The number of nitrogens with zero attached hydrogens (tertiary/aromatic N) is 2. The molecule has 4 rings (SSSR count). The van der Waals surface area contributed by atoms with Crippen molar-refractivity contribution in [1.82, 2.24) is 4.57 Å². The summed E-state index contributed by atoms with van der Waals surface area (Å²) in [7, 11) is 0. The van der Waals surface area contributed by atoms with Crippen molar-refractivity contribution in [3.05, 3.63) is 71.9 Å². The van der Waals surface area contributed by atoms with E-state index in [0.717, 1.165) is 22.7 Å². The molecule has 0 aliphatic carbocycles. The van der Waals surface area contributed by atoms with Crippen molar-refractivity contribution >= 4 is 29.1 Å². The van der Waals surface area contributed by atoms with E-state index >= 15 is 0 Å². The maximum absolute atomic E-state index is 6.00. The lowest BCUT2D eigenvalue weighted by atomic mass is 9.88. The number of ether oxygens (including phenoxy) is 1. The van der Waals surface area contributed by atoms with Crippen LogP contribution in [0, 0.1) is 5.41 Å². The van der Waals surface area contributed by atoms with Crippen molar-refractivity contribution in [3.63, 3.8) is 0 Å². The van der Waals surface area contributed by atoms with Gasteiger partial charge in [-0.1, -0.05) is 69.3 Å². The van der Waals surface area contributed by atoms with Gasteiger partial charge < -0.3 is 9.30 Å². The van der Waals surface area contributed by atoms with Crippen LogP contribution < -0.4 is 0 Å². The number of aromatic nitrogens is 1. The van der Waals surface area contributed by atoms with Gasteiger partial charge in [-0.05, 0) is 29.2 Å². The van der Waals surface area contributed by atoms with Crippen LogP contribution in [0.25, 0.3) is 23.2 Å². The molecular formula is C23H24N2O. The van der Waals surface area contributed by atoms with E-state index in [1.165, 1.54) is 5.39 Å². The highest BCUT2D eigenvalue weighted by molar-refractivity contribution is 6.01. The van der Waals surface area contributed by atoms with E-state index in [-0.39, 0.29) is 11.5 Å². The van der Waals surface area contributed by atoms with Gasteiger partial charge in [-0.3, -0.25) is 0 Å². The molecule has 0 bridgehead atoms. The number of rotatable bonds is 3. The van der Waals surface area contributed by atoms with Crippen molar-refractivity contribution in [1.29, 1.82) is 0 Å². The van der Waals surface area contributed by atoms with E-state index in [2.05, 4.69) is 80.1 Å². The van der Waals surface area contributed by atoms with Crippen LogP contribution in [0.15, 0.2) is 65.7 Å². The minimum absolute atomic E-state index is 0.0957. The first-order valence-electron chi connectivity index (χ1n) is 9.06. The summed E-state index contributed by atoms with van der Waals surface area (Å²) < 4.78 is 8.17. The summed E-state index contributed by atoms with van der Waals surface area (Å²) in [6.45, 7) is 7.26. The van der Waals surface area contributed by atoms with Crippen molar-refractivity contribution in [2.45, 2.75) is 26.8 Å². The lowest BCUT2D eigenvalue weighted by molar-refractivity contribution is 0.235. The summed E-state index contributed by atoms with van der Waals surface area (Å²) in [4.78, 5) is 4.88. The van der Waals surface area contributed by atoms with E-state index in [4.69, 9.17) is 9.73 Å². The molecular weight excluding hydrogens is 320 g/mol. The lowest BCUT2D eigenvalue weighted by Crippen LogP contribution is -2.25. The normalized spacial score (nSPS) is 17.7. The fourth-order valence-electron chi connectivity index (χ4n) is 3.18. The summed E-state index contributed by atoms with van der Waals surface area (Å²) in [6.07, 6.45) is 4.22. The molecule has 0 saturated heterocycles. The molecule has 3 heteroatoms. The Balaban J connectivity index is 1.79. The average molecular weight is 344 g/mol. The second kappa shape index (κ2) is 6.49. The minimum atomic E-state index is 0.0957. The SMILES string of the molecule is CC(C)(C)[C@H]1COC(c2cc3ccccc3n2/C=C/c2ccccc2)=N1. The number of aliphatic imine (C=N–C) groups is 1. The Morgan fingerprint density at radius 3 is 2.50 bits per heavy atom. The van der Waals surface area contributed by atoms with Gasteiger partial charge in [0.1, 0.15) is 12.3 Å². The van der Waals surface area contributed by atoms with Gasteiger partial charge in [-0.2, -0.15) is 0 Å². The highest BCUT2D eigenvalue weighted by Gasteiger charge is 2.31. The third kappa shape index (κ3) is 3.17. The van der Waals surface area contributed by atoms with E-state index in [1.807, 2.05) is 18.2 Å². The fourth-order valence-corrected chi connectivity index (χ4v) is 3.18. The molecule has 0 saturated carbocycles. The molecule has 1 aliphatic heterocycles. The van der Waals surface area contributed by atoms with Crippen LogP contribution in [-0.4, -0.2) is 23.1 Å². The zero-order valence-electron chi connectivity index (χ0n) is 15.5. The molecule has 3 nitrogen and oxygen atoms in total. The molecule has 0 spiro atoms. The van der Waals surface area contributed by atoms with Crippen LogP contribution in [0.4, 0.5) is 0 Å². The fraction of sp³-hybridized carbons (Fsp3) is 0.261. The van der Waals surface area contributed by atoms with E-state index in [1.54, 1.807) is 0 Å². The topological polar surface area (TPSA) is 26.5 Å². The van der Waals surface area contributed by atoms with Gasteiger partial charge >= 0.3 is 0 Å². The molecule has 0 fully saturated rings. The van der Waals surface area contributed by atoms with Gasteiger partial charge in [0.25, 0.3) is 0 Å². The first-order chi connectivity index (χ1) is 12.5. The smallest absolute Gasteiger partial charge is 0.234 e. The summed E-state index contributed by atoms with van der Waals surface area (Å²) in [5, 5.41) is 1.19. The lowest BCUT2D eigenvalue weighted by Gasteiger charge is -2.21. The van der Waals surface area contributed by atoms with Gasteiger partial charge in [-0.25, -0.2) is 4.99 Å². The maximum Gasteiger partial charge on any atom is 0.234 e. The number of fused-ring (bicyclic) bond motifs is 1. The molecule has 0 radical (unpaired) electrons. The van der Waals surface area contributed by atoms with Gasteiger partial charge in [0, 0.05) is 11.6 Å². The maximum atomic E-state index is 6.00. The van der Waals surface area contributed by atoms with Crippen LogP contribution in [0.1, 0.15) is 32.0 Å². The van der Waals surface area contributed by atoms with Gasteiger partial charge in [0.2, 0.25) is 5.90 Å². The molecule has 1 atom stereocenters. The second-order valence-electron chi connectivity index (χ2n) is 7.81. The first-order valence-corrected chi connectivity index (χ1v) is 9.06. The molecule has 1 aromatic heterocycles. The Labute approximate surface area is 154 Å². The number of para-hydroxylation sites is 1. The van der Waals surface area contributed by atoms with E-state index in [0.29, 0.717) is 6.61 Å². The molecule has 0 N–H and O–H groups in total. The van der Waals surface area contributed by atoms with Gasteiger partial charge in [-0.15, -0.1) is 0 Å². The van der Waals surface area contributed by atoms with Crippen LogP contribution in [0.5, 0.6) is 0 Å². The standard InChI is InChI=1S/C23H24N2O/c1-23(2,3)21-16-26-22(24-21)20-15-18-11-7-8-12-19(18)25(20)14-13-17-9-5-4-6-10-17/h4-15,21H,16H2,1-3H3/b14-13+/t21-/m1/s1. The average Bonchev–Trinajstić information content (AvgIpc) is 3.25. The number of hydrogen-bond donors (Lipinski definition) is 0. The van der Waals surface area contributed by atoms with E-state index in [9.17, 15) is 0 Å². The second-order valence-corrected chi connectivity index (χ2v) is 7.81. The van der Waals surface area contributed by atoms with Crippen LogP contribution in [0.3, 0.4) is 0 Å². The molecule has 3 aromatic rings. The molecule has 132 valence electrons. The highest BCUT2D eigenvalue weighted by Crippen LogP contribution is 2.29. The number of benzene rings is 2. The van der Waals surface area contributed by atoms with Crippen LogP contribution in [-0.2, 0) is 4.74 Å². The van der Waals surface area contributed by atoms with E-state index < -0.39 is 0 Å². The zero-order chi connectivity index (χ0) is 18.1. The first kappa shape index (κ1) is 16.6. The Kier molecular flexibility index (Phi) is 4.15. The molecule has 0 amide bonds. The van der Waals surface area contributed by atoms with Gasteiger partial charge in [0.05, 0.1) is 11.6 Å². The summed E-state index contributed by atoms with van der Waals surface area (Å²) >= 11 is 0. The third-order valence-corrected chi connectivity index (χ3v) is 4.83. The molecule has 26 heavy (non-hydrogen) atoms. The molecule has 2 heterocycles. The summed E-state index contributed by atoms with van der Waals surface area (Å²) in [6, 6.07) is 21.0.